The third-order valence-electron chi connectivity index (χ3n) is 3.19. The summed E-state index contributed by atoms with van der Waals surface area (Å²) in [6, 6.07) is 0. The molecule has 2 N–H and O–H groups in total. The van der Waals surface area contributed by atoms with E-state index in [2.05, 4.69) is 0 Å². The molecule has 0 aromatic heterocycles. The van der Waals surface area contributed by atoms with Crippen molar-refractivity contribution in [3.8, 4) is 0 Å². The molecule has 82 valence electrons. The maximum absolute atomic E-state index is 10.9. The van der Waals surface area contributed by atoms with Gasteiger partial charge in [-0.15, -0.1) is 0 Å². The van der Waals surface area contributed by atoms with E-state index in [1.165, 1.54) is 0 Å². The molecule has 1 saturated carbocycles. The number of aliphatic hydroxyl groups is 1. The third-order valence-corrected chi connectivity index (χ3v) is 3.19. The Hall–Kier alpha value is -0.570. The molecule has 0 unspecified atom stereocenters. The van der Waals surface area contributed by atoms with Crippen molar-refractivity contribution in [3.05, 3.63) is 0 Å². The van der Waals surface area contributed by atoms with Crippen molar-refractivity contribution >= 4 is 5.97 Å². The van der Waals surface area contributed by atoms with Gasteiger partial charge in [0.1, 0.15) is 0 Å². The van der Waals surface area contributed by atoms with Crippen molar-refractivity contribution in [2.24, 2.45) is 11.3 Å². The number of carboxylic acids is 1. The molecule has 0 atom stereocenters. The Balaban J connectivity index is 2.41. The second kappa shape index (κ2) is 4.30. The van der Waals surface area contributed by atoms with Crippen molar-refractivity contribution in [1.29, 1.82) is 0 Å². The first kappa shape index (κ1) is 11.5. The summed E-state index contributed by atoms with van der Waals surface area (Å²) in [6.45, 7) is 3.56. The fraction of sp³-hybridized carbons (Fsp3) is 0.909. The van der Waals surface area contributed by atoms with Gasteiger partial charge in [-0.2, -0.15) is 0 Å². The van der Waals surface area contributed by atoms with E-state index in [4.69, 9.17) is 5.11 Å². The lowest BCUT2D eigenvalue weighted by molar-refractivity contribution is -0.148. The lowest BCUT2D eigenvalue weighted by atomic mass is 9.76. The van der Waals surface area contributed by atoms with Gasteiger partial charge in [-0.05, 0) is 51.9 Å². The average Bonchev–Trinajstić information content (AvgIpc) is 2.08. The van der Waals surface area contributed by atoms with Crippen LogP contribution in [0.25, 0.3) is 0 Å². The number of hydrogen-bond donors (Lipinski definition) is 2. The molecule has 0 spiro atoms. The zero-order chi connectivity index (χ0) is 10.8. The van der Waals surface area contributed by atoms with Crippen LogP contribution in [0.4, 0.5) is 0 Å². The maximum atomic E-state index is 10.9. The molecular formula is C11H20O3. The van der Waals surface area contributed by atoms with Gasteiger partial charge < -0.3 is 10.2 Å². The summed E-state index contributed by atoms with van der Waals surface area (Å²) in [6.07, 6.45) is 4.19. The lowest BCUT2D eigenvalue weighted by Crippen LogP contribution is -2.29. The van der Waals surface area contributed by atoms with Crippen molar-refractivity contribution in [2.75, 3.05) is 0 Å². The van der Waals surface area contributed by atoms with Crippen LogP contribution in [-0.2, 0) is 4.79 Å². The first-order valence-corrected chi connectivity index (χ1v) is 5.33. The van der Waals surface area contributed by atoms with Crippen LogP contribution in [0.3, 0.4) is 0 Å². The Morgan fingerprint density at radius 2 is 1.79 bits per heavy atom. The molecule has 0 amide bonds. The van der Waals surface area contributed by atoms with Gasteiger partial charge in [0.05, 0.1) is 11.5 Å². The van der Waals surface area contributed by atoms with E-state index in [-0.39, 0.29) is 6.10 Å². The molecule has 0 bridgehead atoms. The fourth-order valence-electron chi connectivity index (χ4n) is 2.16. The van der Waals surface area contributed by atoms with Gasteiger partial charge in [-0.3, -0.25) is 4.79 Å². The minimum absolute atomic E-state index is 0.154. The molecule has 0 aromatic rings. The molecule has 1 rings (SSSR count). The monoisotopic (exact) mass is 200 g/mol. The molecule has 0 aliphatic heterocycles. The highest BCUT2D eigenvalue weighted by molar-refractivity contribution is 5.73. The van der Waals surface area contributed by atoms with E-state index in [0.717, 1.165) is 32.1 Å². The van der Waals surface area contributed by atoms with Crippen LogP contribution in [0, 0.1) is 11.3 Å². The summed E-state index contributed by atoms with van der Waals surface area (Å²) in [5.41, 5.74) is -0.618. The molecule has 3 heteroatoms. The first-order valence-electron chi connectivity index (χ1n) is 5.33. The largest absolute Gasteiger partial charge is 0.481 e. The molecule has 14 heavy (non-hydrogen) atoms. The smallest absolute Gasteiger partial charge is 0.309 e. The van der Waals surface area contributed by atoms with Crippen molar-refractivity contribution in [3.63, 3.8) is 0 Å². The summed E-state index contributed by atoms with van der Waals surface area (Å²) < 4.78 is 0. The van der Waals surface area contributed by atoms with Gasteiger partial charge in [-0.25, -0.2) is 0 Å². The topological polar surface area (TPSA) is 57.5 Å². The van der Waals surface area contributed by atoms with Gasteiger partial charge in [0.15, 0.2) is 0 Å². The Bertz CT molecular complexity index is 203. The van der Waals surface area contributed by atoms with Gasteiger partial charge in [0, 0.05) is 0 Å². The second-order valence-corrected chi connectivity index (χ2v) is 5.07. The van der Waals surface area contributed by atoms with Gasteiger partial charge >= 0.3 is 5.97 Å². The number of carbonyl (C=O) groups is 1. The molecule has 1 fully saturated rings. The summed E-state index contributed by atoms with van der Waals surface area (Å²) in [4.78, 5) is 10.9. The van der Waals surface area contributed by atoms with Crippen LogP contribution in [0.15, 0.2) is 0 Å². The van der Waals surface area contributed by atoms with Crippen molar-refractivity contribution in [2.45, 2.75) is 52.1 Å². The Labute approximate surface area is 85.1 Å². The van der Waals surface area contributed by atoms with Gasteiger partial charge in [-0.1, -0.05) is 0 Å². The van der Waals surface area contributed by atoms with Crippen molar-refractivity contribution in [1.82, 2.24) is 0 Å². The predicted octanol–water partition coefficient (Wildman–Crippen LogP) is 2.04. The molecule has 0 aromatic carbocycles. The van der Waals surface area contributed by atoms with Crippen LogP contribution >= 0.6 is 0 Å². The Kier molecular flexibility index (Phi) is 3.53. The van der Waals surface area contributed by atoms with Gasteiger partial charge in [0.25, 0.3) is 0 Å². The Morgan fingerprint density at radius 3 is 2.21 bits per heavy atom. The standard InChI is InChI=1S/C11H20O3/c1-11(2,10(13)14)7-8-3-5-9(12)6-4-8/h8-9,12H,3-7H2,1-2H3,(H,13,14). The average molecular weight is 200 g/mol. The molecule has 0 radical (unpaired) electrons. The summed E-state index contributed by atoms with van der Waals surface area (Å²) in [5.74, 6) is -0.242. The minimum atomic E-state index is -0.719. The Morgan fingerprint density at radius 1 is 1.29 bits per heavy atom. The highest BCUT2D eigenvalue weighted by Gasteiger charge is 2.32. The number of aliphatic carboxylic acids is 1. The minimum Gasteiger partial charge on any atom is -0.481 e. The number of carboxylic acid groups (broad SMARTS) is 1. The second-order valence-electron chi connectivity index (χ2n) is 5.07. The highest BCUT2D eigenvalue weighted by atomic mass is 16.4. The van der Waals surface area contributed by atoms with E-state index >= 15 is 0 Å². The van der Waals surface area contributed by atoms with Crippen molar-refractivity contribution < 1.29 is 15.0 Å². The SMILES string of the molecule is CC(C)(CC1CCC(O)CC1)C(=O)O. The van der Waals surface area contributed by atoms with Crippen LogP contribution in [0.1, 0.15) is 46.0 Å². The zero-order valence-electron chi connectivity index (χ0n) is 8.99. The molecule has 0 saturated heterocycles. The summed E-state index contributed by atoms with van der Waals surface area (Å²) in [7, 11) is 0. The fourth-order valence-corrected chi connectivity index (χ4v) is 2.16. The number of aliphatic hydroxyl groups excluding tert-OH is 1. The molecule has 0 heterocycles. The van der Waals surface area contributed by atoms with Crippen LogP contribution in [0.2, 0.25) is 0 Å². The highest BCUT2D eigenvalue weighted by Crippen LogP contribution is 2.34. The van der Waals surface area contributed by atoms with E-state index in [1.807, 2.05) is 0 Å². The first-order chi connectivity index (χ1) is 6.42. The third kappa shape index (κ3) is 2.98. The predicted molar refractivity (Wildman–Crippen MR) is 54.0 cm³/mol. The zero-order valence-corrected chi connectivity index (χ0v) is 8.99. The van der Waals surface area contributed by atoms with E-state index in [9.17, 15) is 9.90 Å². The normalized spacial score (nSPS) is 28.8. The quantitative estimate of drug-likeness (QED) is 0.733. The van der Waals surface area contributed by atoms with Crippen LogP contribution < -0.4 is 0 Å². The van der Waals surface area contributed by atoms with Gasteiger partial charge in [0.2, 0.25) is 0 Å². The lowest BCUT2D eigenvalue weighted by Gasteiger charge is -2.30. The van der Waals surface area contributed by atoms with E-state index in [1.54, 1.807) is 13.8 Å². The van der Waals surface area contributed by atoms with E-state index in [0.29, 0.717) is 5.92 Å². The van der Waals surface area contributed by atoms with Crippen LogP contribution in [-0.4, -0.2) is 22.3 Å². The molecule has 1 aliphatic carbocycles. The van der Waals surface area contributed by atoms with Crippen LogP contribution in [0.5, 0.6) is 0 Å². The van der Waals surface area contributed by atoms with E-state index < -0.39 is 11.4 Å². The molecular weight excluding hydrogens is 180 g/mol. The maximum Gasteiger partial charge on any atom is 0.309 e. The number of hydrogen-bond acceptors (Lipinski definition) is 2. The number of rotatable bonds is 3. The summed E-state index contributed by atoms with van der Waals surface area (Å²) in [5, 5.41) is 18.3. The molecule has 1 aliphatic rings. The summed E-state index contributed by atoms with van der Waals surface area (Å²) >= 11 is 0. The molecule has 3 nitrogen and oxygen atoms in total.